The molecule has 20 heavy (non-hydrogen) atoms. The molecular formula is C16H24N2O2. The summed E-state index contributed by atoms with van der Waals surface area (Å²) in [6.45, 7) is 8.23. The van der Waals surface area contributed by atoms with Crippen molar-refractivity contribution in [2.75, 3.05) is 26.7 Å². The minimum Gasteiger partial charge on any atom is -0.481 e. The van der Waals surface area contributed by atoms with Crippen LogP contribution in [-0.4, -0.2) is 53.6 Å². The van der Waals surface area contributed by atoms with E-state index in [1.165, 1.54) is 5.56 Å². The number of piperazine rings is 1. The zero-order valence-electron chi connectivity index (χ0n) is 12.5. The molecule has 0 radical (unpaired) electrons. The Kier molecular flexibility index (Phi) is 4.78. The fourth-order valence-corrected chi connectivity index (χ4v) is 2.70. The topological polar surface area (TPSA) is 43.8 Å². The van der Waals surface area contributed by atoms with Crippen LogP contribution in [0.15, 0.2) is 24.3 Å². The molecule has 1 N–H and O–H groups in total. The highest BCUT2D eigenvalue weighted by atomic mass is 16.4. The highest BCUT2D eigenvalue weighted by molar-refractivity contribution is 5.75. The molecule has 1 fully saturated rings. The van der Waals surface area contributed by atoms with Crippen LogP contribution < -0.4 is 0 Å². The van der Waals surface area contributed by atoms with E-state index in [1.54, 1.807) is 6.92 Å². The van der Waals surface area contributed by atoms with E-state index < -0.39 is 11.9 Å². The van der Waals surface area contributed by atoms with Crippen molar-refractivity contribution in [1.82, 2.24) is 9.80 Å². The van der Waals surface area contributed by atoms with E-state index in [9.17, 15) is 4.79 Å². The predicted molar refractivity (Wildman–Crippen MR) is 79.9 cm³/mol. The molecule has 2 unspecified atom stereocenters. The van der Waals surface area contributed by atoms with Gasteiger partial charge in [0.15, 0.2) is 0 Å². The van der Waals surface area contributed by atoms with E-state index in [2.05, 4.69) is 35.9 Å². The van der Waals surface area contributed by atoms with Crippen molar-refractivity contribution in [3.63, 3.8) is 0 Å². The van der Waals surface area contributed by atoms with Crippen LogP contribution in [0.4, 0.5) is 0 Å². The Morgan fingerprint density at radius 2 is 2.00 bits per heavy atom. The summed E-state index contributed by atoms with van der Waals surface area (Å²) >= 11 is 0. The number of hydrogen-bond acceptors (Lipinski definition) is 3. The first-order chi connectivity index (χ1) is 9.47. The SMILES string of the molecule is CC(C(=O)O)c1ccc(CN2CCN(C)CC2C)cc1. The van der Waals surface area contributed by atoms with Gasteiger partial charge >= 0.3 is 5.97 Å². The van der Waals surface area contributed by atoms with E-state index in [4.69, 9.17) is 5.11 Å². The van der Waals surface area contributed by atoms with E-state index in [0.29, 0.717) is 6.04 Å². The maximum Gasteiger partial charge on any atom is 0.310 e. The van der Waals surface area contributed by atoms with Gasteiger partial charge in [0.1, 0.15) is 0 Å². The summed E-state index contributed by atoms with van der Waals surface area (Å²) in [7, 11) is 2.16. The lowest BCUT2D eigenvalue weighted by Crippen LogP contribution is -2.49. The summed E-state index contributed by atoms with van der Waals surface area (Å²) in [4.78, 5) is 15.8. The average Bonchev–Trinajstić information content (AvgIpc) is 2.42. The monoisotopic (exact) mass is 276 g/mol. The largest absolute Gasteiger partial charge is 0.481 e. The van der Waals surface area contributed by atoms with Gasteiger partial charge in [0.25, 0.3) is 0 Å². The molecule has 1 aliphatic rings. The maximum atomic E-state index is 11.0. The van der Waals surface area contributed by atoms with Gasteiger partial charge < -0.3 is 10.0 Å². The van der Waals surface area contributed by atoms with Crippen LogP contribution >= 0.6 is 0 Å². The summed E-state index contributed by atoms with van der Waals surface area (Å²) in [5.74, 6) is -1.21. The van der Waals surface area contributed by atoms with Gasteiger partial charge in [-0.25, -0.2) is 0 Å². The second kappa shape index (κ2) is 6.37. The van der Waals surface area contributed by atoms with Gasteiger partial charge in [-0.15, -0.1) is 0 Å². The first kappa shape index (κ1) is 15.0. The molecule has 1 saturated heterocycles. The molecule has 0 aliphatic carbocycles. The third-order valence-electron chi connectivity index (χ3n) is 4.20. The summed E-state index contributed by atoms with van der Waals surface area (Å²) in [5.41, 5.74) is 2.12. The molecule has 4 heteroatoms. The minimum absolute atomic E-state index is 0.438. The molecule has 2 rings (SSSR count). The molecule has 1 heterocycles. The molecule has 0 bridgehead atoms. The van der Waals surface area contributed by atoms with E-state index in [-0.39, 0.29) is 0 Å². The van der Waals surface area contributed by atoms with Crippen molar-refractivity contribution in [3.05, 3.63) is 35.4 Å². The number of likely N-dealkylation sites (N-methyl/N-ethyl adjacent to an activating group) is 1. The predicted octanol–water partition coefficient (Wildman–Crippen LogP) is 2.01. The quantitative estimate of drug-likeness (QED) is 0.913. The van der Waals surface area contributed by atoms with Crippen LogP contribution in [0.3, 0.4) is 0 Å². The third kappa shape index (κ3) is 3.58. The van der Waals surface area contributed by atoms with Gasteiger partial charge in [0.05, 0.1) is 5.92 Å². The molecule has 2 atom stereocenters. The summed E-state index contributed by atoms with van der Waals surface area (Å²) < 4.78 is 0. The number of benzene rings is 1. The van der Waals surface area contributed by atoms with Crippen LogP contribution in [0.25, 0.3) is 0 Å². The van der Waals surface area contributed by atoms with Crippen molar-refractivity contribution < 1.29 is 9.90 Å². The second-order valence-electron chi connectivity index (χ2n) is 5.88. The zero-order chi connectivity index (χ0) is 14.7. The Morgan fingerprint density at radius 1 is 1.35 bits per heavy atom. The Morgan fingerprint density at radius 3 is 2.55 bits per heavy atom. The number of carboxylic acid groups (broad SMARTS) is 1. The summed E-state index contributed by atoms with van der Waals surface area (Å²) in [6.07, 6.45) is 0. The van der Waals surface area contributed by atoms with Crippen LogP contribution in [0, 0.1) is 0 Å². The lowest BCUT2D eigenvalue weighted by atomic mass is 10.00. The number of carboxylic acids is 1. The Balaban J connectivity index is 1.99. The molecule has 1 aromatic carbocycles. The molecule has 0 amide bonds. The third-order valence-corrected chi connectivity index (χ3v) is 4.20. The molecule has 0 aromatic heterocycles. The van der Waals surface area contributed by atoms with Crippen LogP contribution in [0.5, 0.6) is 0 Å². The van der Waals surface area contributed by atoms with Gasteiger partial charge in [-0.2, -0.15) is 0 Å². The van der Waals surface area contributed by atoms with Crippen molar-refractivity contribution in [2.24, 2.45) is 0 Å². The minimum atomic E-state index is -0.773. The summed E-state index contributed by atoms with van der Waals surface area (Å²) in [6, 6.07) is 8.55. The van der Waals surface area contributed by atoms with Gasteiger partial charge in [0.2, 0.25) is 0 Å². The van der Waals surface area contributed by atoms with Gasteiger partial charge in [-0.1, -0.05) is 24.3 Å². The fourth-order valence-electron chi connectivity index (χ4n) is 2.70. The van der Waals surface area contributed by atoms with Gasteiger partial charge in [0, 0.05) is 32.2 Å². The molecular weight excluding hydrogens is 252 g/mol. The van der Waals surface area contributed by atoms with Crippen LogP contribution in [0.2, 0.25) is 0 Å². The van der Waals surface area contributed by atoms with Gasteiger partial charge in [-0.3, -0.25) is 9.69 Å². The molecule has 1 aromatic rings. The maximum absolute atomic E-state index is 11.0. The normalized spacial score (nSPS) is 22.6. The van der Waals surface area contributed by atoms with E-state index >= 15 is 0 Å². The number of carbonyl (C=O) groups is 1. The van der Waals surface area contributed by atoms with E-state index in [0.717, 1.165) is 31.7 Å². The lowest BCUT2D eigenvalue weighted by Gasteiger charge is -2.38. The first-order valence-corrected chi connectivity index (χ1v) is 7.21. The van der Waals surface area contributed by atoms with Crippen molar-refractivity contribution in [1.29, 1.82) is 0 Å². The number of nitrogens with zero attached hydrogens (tertiary/aromatic N) is 2. The molecule has 110 valence electrons. The molecule has 1 aliphatic heterocycles. The van der Waals surface area contributed by atoms with Crippen LogP contribution in [-0.2, 0) is 11.3 Å². The fraction of sp³-hybridized carbons (Fsp3) is 0.562. The highest BCUT2D eigenvalue weighted by Gasteiger charge is 2.21. The number of rotatable bonds is 4. The standard InChI is InChI=1S/C16H24N2O2/c1-12-10-17(3)8-9-18(12)11-14-4-6-15(7-5-14)13(2)16(19)20/h4-7,12-13H,8-11H2,1-3H3,(H,19,20). The second-order valence-corrected chi connectivity index (χ2v) is 5.88. The average molecular weight is 276 g/mol. The molecule has 0 saturated carbocycles. The Hall–Kier alpha value is -1.39. The summed E-state index contributed by atoms with van der Waals surface area (Å²) in [5, 5.41) is 9.01. The Bertz CT molecular complexity index is 458. The number of aliphatic carboxylic acids is 1. The molecule has 0 spiro atoms. The van der Waals surface area contributed by atoms with Crippen molar-refractivity contribution >= 4 is 5.97 Å². The smallest absolute Gasteiger partial charge is 0.310 e. The zero-order valence-corrected chi connectivity index (χ0v) is 12.5. The highest BCUT2D eigenvalue weighted by Crippen LogP contribution is 2.18. The Labute approximate surface area is 121 Å². The lowest BCUT2D eigenvalue weighted by molar-refractivity contribution is -0.138. The molecule has 4 nitrogen and oxygen atoms in total. The van der Waals surface area contributed by atoms with E-state index in [1.807, 2.05) is 12.1 Å². The van der Waals surface area contributed by atoms with Crippen LogP contribution in [0.1, 0.15) is 30.9 Å². The van der Waals surface area contributed by atoms with Crippen molar-refractivity contribution in [3.8, 4) is 0 Å². The van der Waals surface area contributed by atoms with Gasteiger partial charge in [-0.05, 0) is 32.0 Å². The number of hydrogen-bond donors (Lipinski definition) is 1. The first-order valence-electron chi connectivity index (χ1n) is 7.21. The van der Waals surface area contributed by atoms with Crippen molar-refractivity contribution in [2.45, 2.75) is 32.4 Å².